The molecule has 1 saturated heterocycles. The molecule has 0 unspecified atom stereocenters. The van der Waals surface area contributed by atoms with Crippen molar-refractivity contribution < 1.29 is 22.7 Å². The minimum absolute atomic E-state index is 0.101. The molecule has 3 rings (SSSR count). The van der Waals surface area contributed by atoms with Crippen LogP contribution in [-0.4, -0.2) is 57.3 Å². The summed E-state index contributed by atoms with van der Waals surface area (Å²) in [6.45, 7) is 0.796. The number of nitrogens with one attached hydrogen (secondary N) is 2. The van der Waals surface area contributed by atoms with Gasteiger partial charge in [0.2, 0.25) is 0 Å². The molecule has 0 bridgehead atoms. The zero-order chi connectivity index (χ0) is 21.6. The van der Waals surface area contributed by atoms with Crippen molar-refractivity contribution in [2.45, 2.75) is 29.5 Å². The first-order valence-corrected chi connectivity index (χ1v) is 12.0. The van der Waals surface area contributed by atoms with E-state index in [1.54, 1.807) is 24.6 Å². The molecule has 1 aliphatic rings. The van der Waals surface area contributed by atoms with E-state index in [4.69, 9.17) is 4.74 Å². The van der Waals surface area contributed by atoms with Crippen molar-refractivity contribution in [3.63, 3.8) is 0 Å². The maximum Gasteiger partial charge on any atom is 0.309 e. The molecule has 2 heterocycles. The summed E-state index contributed by atoms with van der Waals surface area (Å²) < 4.78 is 32.5. The second-order valence-corrected chi connectivity index (χ2v) is 9.94. The molecule has 0 aliphatic carbocycles. The number of rotatable bonds is 8. The van der Waals surface area contributed by atoms with Crippen LogP contribution < -0.4 is 15.4 Å². The van der Waals surface area contributed by atoms with E-state index in [0.717, 1.165) is 17.7 Å². The number of hydrogen-bond donors (Lipinski definition) is 2. The van der Waals surface area contributed by atoms with Crippen molar-refractivity contribution in [2.24, 2.45) is 0 Å². The third-order valence-electron chi connectivity index (χ3n) is 4.96. The zero-order valence-corrected chi connectivity index (χ0v) is 18.3. The van der Waals surface area contributed by atoms with E-state index >= 15 is 0 Å². The van der Waals surface area contributed by atoms with Gasteiger partial charge in [0.05, 0.1) is 7.11 Å². The minimum atomic E-state index is -3.58. The van der Waals surface area contributed by atoms with Crippen LogP contribution in [0.1, 0.15) is 18.4 Å². The summed E-state index contributed by atoms with van der Waals surface area (Å²) in [6, 6.07) is 10.4. The van der Waals surface area contributed by atoms with Crippen molar-refractivity contribution in [3.8, 4) is 5.75 Å². The van der Waals surface area contributed by atoms with Crippen LogP contribution in [0.15, 0.2) is 46.0 Å². The van der Waals surface area contributed by atoms with Gasteiger partial charge in [0.15, 0.2) is 0 Å². The molecule has 0 radical (unpaired) electrons. The topological polar surface area (TPSA) is 105 Å². The Bertz CT molecular complexity index is 976. The molecule has 162 valence electrons. The van der Waals surface area contributed by atoms with Crippen molar-refractivity contribution in [3.05, 3.63) is 47.3 Å². The lowest BCUT2D eigenvalue weighted by molar-refractivity contribution is -0.139. The lowest BCUT2D eigenvalue weighted by atomic mass is 10.1. The van der Waals surface area contributed by atoms with Gasteiger partial charge >= 0.3 is 11.8 Å². The third kappa shape index (κ3) is 5.18. The highest BCUT2D eigenvalue weighted by Gasteiger charge is 2.36. The Morgan fingerprint density at radius 1 is 1.17 bits per heavy atom. The Labute approximate surface area is 180 Å². The van der Waals surface area contributed by atoms with Gasteiger partial charge in [-0.2, -0.15) is 4.31 Å². The van der Waals surface area contributed by atoms with Crippen molar-refractivity contribution in [2.75, 3.05) is 26.7 Å². The number of benzene rings is 1. The largest absolute Gasteiger partial charge is 0.496 e. The minimum Gasteiger partial charge on any atom is -0.496 e. The van der Waals surface area contributed by atoms with E-state index in [9.17, 15) is 18.0 Å². The third-order valence-corrected chi connectivity index (χ3v) is 8.28. The van der Waals surface area contributed by atoms with Gasteiger partial charge in [-0.15, -0.1) is 11.3 Å². The average molecular weight is 452 g/mol. The molecule has 0 saturated carbocycles. The number of thiophene rings is 1. The maximum atomic E-state index is 12.7. The molecule has 8 nitrogen and oxygen atoms in total. The van der Waals surface area contributed by atoms with Crippen molar-refractivity contribution in [1.82, 2.24) is 14.9 Å². The standard InChI is InChI=1S/C20H25N3O5S2/c1-28-17-8-3-2-6-15(17)10-11-21-19(24)20(25)22-14-16-7-4-12-23(16)30(26,27)18-9-5-13-29-18/h2-3,5-6,8-9,13,16H,4,7,10-12,14H2,1H3,(H,21,24)(H,22,25)/t16-/m0/s1. The molecule has 1 atom stereocenters. The maximum absolute atomic E-state index is 12.7. The molecule has 1 fully saturated rings. The predicted octanol–water partition coefficient (Wildman–Crippen LogP) is 1.38. The number of methoxy groups -OCH3 is 1. The van der Waals surface area contributed by atoms with Crippen LogP contribution in [0.2, 0.25) is 0 Å². The van der Waals surface area contributed by atoms with Gasteiger partial charge in [-0.3, -0.25) is 9.59 Å². The number of amides is 2. The molecule has 30 heavy (non-hydrogen) atoms. The Kier molecular flexibility index (Phi) is 7.46. The second kappa shape index (κ2) is 10.1. The summed E-state index contributed by atoms with van der Waals surface area (Å²) in [7, 11) is -2.00. The molecule has 1 aliphatic heterocycles. The Hall–Kier alpha value is -2.43. The fraction of sp³-hybridized carbons (Fsp3) is 0.400. The van der Waals surface area contributed by atoms with E-state index in [1.165, 1.54) is 15.6 Å². The highest BCUT2D eigenvalue weighted by molar-refractivity contribution is 7.91. The number of para-hydroxylation sites is 1. The Balaban J connectivity index is 1.48. The van der Waals surface area contributed by atoms with Gasteiger partial charge in [-0.1, -0.05) is 24.3 Å². The Morgan fingerprint density at radius 3 is 2.67 bits per heavy atom. The first-order valence-electron chi connectivity index (χ1n) is 9.66. The van der Waals surface area contributed by atoms with Crippen molar-refractivity contribution in [1.29, 1.82) is 0 Å². The molecule has 0 spiro atoms. The van der Waals surface area contributed by atoms with E-state index in [2.05, 4.69) is 10.6 Å². The van der Waals surface area contributed by atoms with E-state index in [1.807, 2.05) is 24.3 Å². The monoisotopic (exact) mass is 451 g/mol. The van der Waals surface area contributed by atoms with Crippen LogP contribution in [0, 0.1) is 0 Å². The number of carbonyl (C=O) groups excluding carboxylic acids is 2. The quantitative estimate of drug-likeness (QED) is 0.590. The van der Waals surface area contributed by atoms with E-state index in [-0.39, 0.29) is 23.3 Å². The molecule has 10 heteroatoms. The highest BCUT2D eigenvalue weighted by Crippen LogP contribution is 2.28. The predicted molar refractivity (Wildman–Crippen MR) is 114 cm³/mol. The van der Waals surface area contributed by atoms with Gasteiger partial charge in [0.1, 0.15) is 9.96 Å². The smallest absolute Gasteiger partial charge is 0.309 e. The van der Waals surface area contributed by atoms with Crippen LogP contribution in [-0.2, 0) is 26.0 Å². The summed E-state index contributed by atoms with van der Waals surface area (Å²) >= 11 is 1.17. The van der Waals surface area contributed by atoms with Gasteiger partial charge in [0.25, 0.3) is 10.0 Å². The number of nitrogens with zero attached hydrogens (tertiary/aromatic N) is 1. The summed E-state index contributed by atoms with van der Waals surface area (Å²) in [5, 5.41) is 6.87. The molecule has 1 aromatic heterocycles. The first-order chi connectivity index (χ1) is 14.4. The fourth-order valence-corrected chi connectivity index (χ4v) is 6.26. The Morgan fingerprint density at radius 2 is 1.93 bits per heavy atom. The van der Waals surface area contributed by atoms with E-state index in [0.29, 0.717) is 19.4 Å². The lowest BCUT2D eigenvalue weighted by Gasteiger charge is -2.23. The summed E-state index contributed by atoms with van der Waals surface area (Å²) in [4.78, 5) is 24.2. The lowest BCUT2D eigenvalue weighted by Crippen LogP contribution is -2.47. The SMILES string of the molecule is COc1ccccc1CCNC(=O)C(=O)NC[C@@H]1CCCN1S(=O)(=O)c1cccs1. The average Bonchev–Trinajstić information content (AvgIpc) is 3.44. The number of carbonyl (C=O) groups is 2. The normalized spacial score (nSPS) is 16.9. The van der Waals surface area contributed by atoms with Crippen LogP contribution in [0.5, 0.6) is 5.75 Å². The highest BCUT2D eigenvalue weighted by atomic mass is 32.2. The molecule has 2 N–H and O–H groups in total. The van der Waals surface area contributed by atoms with Gasteiger partial charge in [-0.05, 0) is 42.3 Å². The molecule has 2 amide bonds. The summed E-state index contributed by atoms with van der Waals surface area (Å²) in [6.07, 6.45) is 1.88. The molecule has 1 aromatic carbocycles. The van der Waals surface area contributed by atoms with Gasteiger partial charge < -0.3 is 15.4 Å². The van der Waals surface area contributed by atoms with E-state index < -0.39 is 21.8 Å². The van der Waals surface area contributed by atoms with Crippen molar-refractivity contribution >= 4 is 33.2 Å². The molecular weight excluding hydrogens is 426 g/mol. The van der Waals surface area contributed by atoms with Crippen LogP contribution in [0.25, 0.3) is 0 Å². The summed E-state index contributed by atoms with van der Waals surface area (Å²) in [5.74, 6) is -0.782. The van der Waals surface area contributed by atoms with Crippen LogP contribution >= 0.6 is 11.3 Å². The number of ether oxygens (including phenoxy) is 1. The molecular formula is C20H25N3O5S2. The van der Waals surface area contributed by atoms with Gasteiger partial charge in [0, 0.05) is 25.7 Å². The second-order valence-electron chi connectivity index (χ2n) is 6.87. The van der Waals surface area contributed by atoms with Gasteiger partial charge in [-0.25, -0.2) is 8.42 Å². The number of sulfonamides is 1. The first kappa shape index (κ1) is 22.3. The zero-order valence-electron chi connectivity index (χ0n) is 16.7. The fourth-order valence-electron chi connectivity index (χ4n) is 3.45. The van der Waals surface area contributed by atoms with Crippen LogP contribution in [0.4, 0.5) is 0 Å². The number of hydrogen-bond acceptors (Lipinski definition) is 6. The van der Waals surface area contributed by atoms with Crippen LogP contribution in [0.3, 0.4) is 0 Å². The molecule has 2 aromatic rings. The summed E-state index contributed by atoms with van der Waals surface area (Å²) in [5.41, 5.74) is 0.932.